The average molecular weight is 294 g/mol. The Morgan fingerprint density at radius 3 is 2.57 bits per heavy atom. The van der Waals surface area contributed by atoms with Crippen molar-refractivity contribution in [3.8, 4) is 0 Å². The molecule has 0 unspecified atom stereocenters. The lowest BCUT2D eigenvalue weighted by Gasteiger charge is -2.12. The van der Waals surface area contributed by atoms with E-state index in [9.17, 15) is 19.5 Å². The Bertz CT molecular complexity index is 556. The molecule has 1 aliphatic rings. The summed E-state index contributed by atoms with van der Waals surface area (Å²) >= 11 is 0. The third-order valence-electron chi connectivity index (χ3n) is 2.77. The Morgan fingerprint density at radius 2 is 2.00 bits per heavy atom. The third kappa shape index (κ3) is 3.69. The zero-order valence-electron chi connectivity index (χ0n) is 11.2. The highest BCUT2D eigenvalue weighted by atomic mass is 16.6. The van der Waals surface area contributed by atoms with E-state index in [1.807, 2.05) is 19.1 Å². The lowest BCUT2D eigenvalue weighted by Crippen LogP contribution is -2.41. The van der Waals surface area contributed by atoms with E-state index in [-0.39, 0.29) is 6.61 Å². The smallest absolute Gasteiger partial charge is 0.399 e. The molecule has 1 aliphatic heterocycles. The van der Waals surface area contributed by atoms with E-state index < -0.39 is 30.1 Å². The predicted molar refractivity (Wildman–Crippen MR) is 69.8 cm³/mol. The second-order valence-corrected chi connectivity index (χ2v) is 4.47. The molecular weight excluding hydrogens is 280 g/mol. The first-order chi connectivity index (χ1) is 9.97. The largest absolute Gasteiger partial charge is 0.460 e. The van der Waals surface area contributed by atoms with Gasteiger partial charge in [0.15, 0.2) is 0 Å². The van der Waals surface area contributed by atoms with Crippen LogP contribution in [0.5, 0.6) is 0 Å². The number of hydrazine groups is 1. The molecule has 3 N–H and O–H groups in total. The Kier molecular flexibility index (Phi) is 4.39. The van der Waals surface area contributed by atoms with E-state index in [1.165, 1.54) is 0 Å². The minimum Gasteiger partial charge on any atom is -0.460 e. The summed E-state index contributed by atoms with van der Waals surface area (Å²) in [6, 6.07) is 7.05. The van der Waals surface area contributed by atoms with Crippen LogP contribution >= 0.6 is 0 Å². The van der Waals surface area contributed by atoms with Crippen molar-refractivity contribution in [3.63, 3.8) is 0 Å². The maximum atomic E-state index is 11.5. The van der Waals surface area contributed by atoms with Crippen LogP contribution in [0, 0.1) is 6.92 Å². The van der Waals surface area contributed by atoms with Crippen molar-refractivity contribution < 1.29 is 29.0 Å². The molecule has 1 saturated heterocycles. The van der Waals surface area contributed by atoms with Crippen LogP contribution in [0.1, 0.15) is 5.56 Å². The second kappa shape index (κ2) is 6.23. The Morgan fingerprint density at radius 1 is 1.33 bits per heavy atom. The van der Waals surface area contributed by atoms with Gasteiger partial charge < -0.3 is 14.6 Å². The number of carbonyl (C=O) groups is 3. The molecule has 112 valence electrons. The summed E-state index contributed by atoms with van der Waals surface area (Å²) in [6.07, 6.45) is -2.73. The lowest BCUT2D eigenvalue weighted by atomic mass is 10.2. The van der Waals surface area contributed by atoms with E-state index in [1.54, 1.807) is 12.1 Å². The normalized spacial score (nSPS) is 20.6. The SMILES string of the molecule is Cc1ccc(NNC(=O)C(=O)O[C@H]2C(=O)OC[C@@H]2O)cc1. The highest BCUT2D eigenvalue weighted by Gasteiger charge is 2.40. The van der Waals surface area contributed by atoms with Crippen LogP contribution in [0.4, 0.5) is 5.69 Å². The maximum absolute atomic E-state index is 11.5. The van der Waals surface area contributed by atoms with Gasteiger partial charge in [-0.3, -0.25) is 15.6 Å². The zero-order valence-corrected chi connectivity index (χ0v) is 11.2. The molecule has 1 aromatic carbocycles. The molecule has 0 radical (unpaired) electrons. The average Bonchev–Trinajstić information content (AvgIpc) is 2.78. The number of benzene rings is 1. The number of esters is 2. The quantitative estimate of drug-likeness (QED) is 0.382. The first-order valence-electron chi connectivity index (χ1n) is 6.15. The van der Waals surface area contributed by atoms with E-state index in [0.717, 1.165) is 5.56 Å². The molecule has 0 spiro atoms. The van der Waals surface area contributed by atoms with Crippen LogP contribution in [0.25, 0.3) is 0 Å². The number of hydrogen-bond donors (Lipinski definition) is 3. The Hall–Kier alpha value is -2.61. The lowest BCUT2D eigenvalue weighted by molar-refractivity contribution is -0.167. The van der Waals surface area contributed by atoms with Gasteiger partial charge in [-0.2, -0.15) is 0 Å². The van der Waals surface area contributed by atoms with Crippen LogP contribution in [-0.4, -0.2) is 41.8 Å². The van der Waals surface area contributed by atoms with Gasteiger partial charge in [-0.1, -0.05) is 17.7 Å². The highest BCUT2D eigenvalue weighted by Crippen LogP contribution is 2.11. The predicted octanol–water partition coefficient (Wildman–Crippen LogP) is -0.732. The van der Waals surface area contributed by atoms with Crippen molar-refractivity contribution in [1.29, 1.82) is 0 Å². The molecule has 8 heteroatoms. The molecule has 0 bridgehead atoms. The molecular formula is C13H14N2O6. The Labute approximate surface area is 120 Å². The minimum atomic E-state index is -1.47. The number of aryl methyl sites for hydroxylation is 1. The number of ether oxygens (including phenoxy) is 2. The van der Waals surface area contributed by atoms with E-state index in [0.29, 0.717) is 5.69 Å². The van der Waals surface area contributed by atoms with Crippen molar-refractivity contribution in [2.45, 2.75) is 19.1 Å². The maximum Gasteiger partial charge on any atom is 0.399 e. The fourth-order valence-corrected chi connectivity index (χ4v) is 1.61. The molecule has 0 aromatic heterocycles. The van der Waals surface area contributed by atoms with Crippen molar-refractivity contribution in [3.05, 3.63) is 29.8 Å². The van der Waals surface area contributed by atoms with Gasteiger partial charge in [0.05, 0.1) is 5.69 Å². The van der Waals surface area contributed by atoms with Gasteiger partial charge in [-0.25, -0.2) is 9.59 Å². The summed E-state index contributed by atoms with van der Waals surface area (Å²) < 4.78 is 9.08. The molecule has 2 atom stereocenters. The number of aliphatic hydroxyl groups excluding tert-OH is 1. The summed E-state index contributed by atoms with van der Waals surface area (Å²) in [4.78, 5) is 34.1. The van der Waals surface area contributed by atoms with Gasteiger partial charge in [0.2, 0.25) is 6.10 Å². The molecule has 1 aromatic rings. The van der Waals surface area contributed by atoms with Crippen LogP contribution in [0.2, 0.25) is 0 Å². The number of nitrogens with one attached hydrogen (secondary N) is 2. The third-order valence-corrected chi connectivity index (χ3v) is 2.77. The number of cyclic esters (lactones) is 1. The summed E-state index contributed by atoms with van der Waals surface area (Å²) in [5.74, 6) is -3.27. The molecule has 1 heterocycles. The molecule has 1 fully saturated rings. The minimum absolute atomic E-state index is 0.264. The van der Waals surface area contributed by atoms with Gasteiger partial charge in [0, 0.05) is 0 Å². The van der Waals surface area contributed by atoms with Crippen LogP contribution in [0.3, 0.4) is 0 Å². The molecule has 1 amide bonds. The number of rotatable bonds is 3. The second-order valence-electron chi connectivity index (χ2n) is 4.47. The summed E-state index contributed by atoms with van der Waals surface area (Å²) in [7, 11) is 0. The van der Waals surface area contributed by atoms with E-state index >= 15 is 0 Å². The number of hydrogen-bond acceptors (Lipinski definition) is 7. The van der Waals surface area contributed by atoms with Crippen molar-refractivity contribution in [2.75, 3.05) is 12.0 Å². The summed E-state index contributed by atoms with van der Waals surface area (Å²) in [6.45, 7) is 1.64. The summed E-state index contributed by atoms with van der Waals surface area (Å²) in [5.41, 5.74) is 6.26. The van der Waals surface area contributed by atoms with Gasteiger partial charge in [0.25, 0.3) is 0 Å². The first-order valence-corrected chi connectivity index (χ1v) is 6.15. The van der Waals surface area contributed by atoms with Gasteiger partial charge >= 0.3 is 17.8 Å². The number of aliphatic hydroxyl groups is 1. The van der Waals surface area contributed by atoms with E-state index in [2.05, 4.69) is 20.3 Å². The van der Waals surface area contributed by atoms with Crippen molar-refractivity contribution in [1.82, 2.24) is 5.43 Å². The molecule has 21 heavy (non-hydrogen) atoms. The van der Waals surface area contributed by atoms with Crippen molar-refractivity contribution >= 4 is 23.5 Å². The fourth-order valence-electron chi connectivity index (χ4n) is 1.61. The summed E-state index contributed by atoms with van der Waals surface area (Å²) in [5, 5.41) is 9.35. The van der Waals surface area contributed by atoms with Crippen LogP contribution in [-0.2, 0) is 23.9 Å². The van der Waals surface area contributed by atoms with Crippen molar-refractivity contribution in [2.24, 2.45) is 0 Å². The molecule has 0 saturated carbocycles. The number of carbonyl (C=O) groups excluding carboxylic acids is 3. The topological polar surface area (TPSA) is 114 Å². The zero-order chi connectivity index (χ0) is 15.4. The standard InChI is InChI=1S/C13H14N2O6/c1-7-2-4-8(5-3-7)14-15-11(17)13(19)21-10-9(16)6-20-12(10)18/h2-5,9-10,14,16H,6H2,1H3,(H,15,17)/t9-,10+/m0/s1. The van der Waals surface area contributed by atoms with Crippen LogP contribution < -0.4 is 10.9 Å². The Balaban J connectivity index is 1.84. The van der Waals surface area contributed by atoms with Gasteiger partial charge in [-0.05, 0) is 19.1 Å². The monoisotopic (exact) mass is 294 g/mol. The molecule has 2 rings (SSSR count). The number of anilines is 1. The van der Waals surface area contributed by atoms with Crippen LogP contribution in [0.15, 0.2) is 24.3 Å². The van der Waals surface area contributed by atoms with E-state index in [4.69, 9.17) is 0 Å². The van der Waals surface area contributed by atoms with Gasteiger partial charge in [-0.15, -0.1) is 0 Å². The molecule has 0 aliphatic carbocycles. The first kappa shape index (κ1) is 14.8. The molecule has 8 nitrogen and oxygen atoms in total. The highest BCUT2D eigenvalue weighted by molar-refractivity contribution is 6.32. The van der Waals surface area contributed by atoms with Gasteiger partial charge in [0.1, 0.15) is 12.7 Å². The number of amides is 1. The fraction of sp³-hybridized carbons (Fsp3) is 0.308.